The fraction of sp³-hybridized carbons (Fsp3) is 0.400. The SMILES string of the molecule is CCC1(c2ccc(OC)c(C)c2)NC(=O)N(CC(=O)Nc2c(C)cccc2C(C)C)C1=O. The van der Waals surface area contributed by atoms with Crippen molar-refractivity contribution in [1.82, 2.24) is 10.2 Å². The van der Waals surface area contributed by atoms with Gasteiger partial charge in [0.1, 0.15) is 17.8 Å². The highest BCUT2D eigenvalue weighted by Gasteiger charge is 2.51. The Kier molecular flexibility index (Phi) is 6.57. The molecular formula is C25H31N3O4. The van der Waals surface area contributed by atoms with Crippen LogP contribution in [0.25, 0.3) is 0 Å². The van der Waals surface area contributed by atoms with Gasteiger partial charge >= 0.3 is 6.03 Å². The molecule has 2 aromatic carbocycles. The van der Waals surface area contributed by atoms with E-state index in [1.807, 2.05) is 58.9 Å². The molecule has 1 unspecified atom stereocenters. The van der Waals surface area contributed by atoms with Crippen LogP contribution in [0.5, 0.6) is 5.75 Å². The molecule has 1 atom stereocenters. The average Bonchev–Trinajstić information content (AvgIpc) is 3.00. The maximum Gasteiger partial charge on any atom is 0.325 e. The first-order valence-electron chi connectivity index (χ1n) is 10.8. The number of imide groups is 1. The van der Waals surface area contributed by atoms with Gasteiger partial charge < -0.3 is 15.4 Å². The molecule has 1 saturated heterocycles. The summed E-state index contributed by atoms with van der Waals surface area (Å²) in [5, 5.41) is 5.73. The molecule has 7 nitrogen and oxygen atoms in total. The molecule has 0 radical (unpaired) electrons. The van der Waals surface area contributed by atoms with Gasteiger partial charge in [-0.05, 0) is 60.6 Å². The number of nitrogens with zero attached hydrogens (tertiary/aromatic N) is 1. The summed E-state index contributed by atoms with van der Waals surface area (Å²) in [7, 11) is 1.58. The lowest BCUT2D eigenvalue weighted by atomic mass is 9.86. The van der Waals surface area contributed by atoms with Gasteiger partial charge in [-0.1, -0.05) is 45.0 Å². The second-order valence-corrected chi connectivity index (χ2v) is 8.51. The van der Waals surface area contributed by atoms with Crippen LogP contribution in [0.3, 0.4) is 0 Å². The van der Waals surface area contributed by atoms with Crippen molar-refractivity contribution in [3.05, 3.63) is 58.7 Å². The molecular weight excluding hydrogens is 406 g/mol. The van der Waals surface area contributed by atoms with Gasteiger partial charge in [-0.15, -0.1) is 0 Å². The van der Waals surface area contributed by atoms with Crippen molar-refractivity contribution < 1.29 is 19.1 Å². The van der Waals surface area contributed by atoms with Crippen LogP contribution in [0.1, 0.15) is 55.4 Å². The largest absolute Gasteiger partial charge is 0.496 e. The summed E-state index contributed by atoms with van der Waals surface area (Å²) >= 11 is 0. The minimum atomic E-state index is -1.21. The number of amides is 4. The van der Waals surface area contributed by atoms with Crippen LogP contribution in [0.15, 0.2) is 36.4 Å². The van der Waals surface area contributed by atoms with Gasteiger partial charge in [0.05, 0.1) is 7.11 Å². The molecule has 1 aliphatic rings. The molecule has 0 saturated carbocycles. The fourth-order valence-electron chi connectivity index (χ4n) is 4.22. The molecule has 3 rings (SSSR count). The zero-order valence-electron chi connectivity index (χ0n) is 19.5. The van der Waals surface area contributed by atoms with Crippen LogP contribution in [-0.2, 0) is 15.1 Å². The highest BCUT2D eigenvalue weighted by Crippen LogP contribution is 2.35. The van der Waals surface area contributed by atoms with Crippen LogP contribution < -0.4 is 15.4 Å². The molecule has 2 aromatic rings. The van der Waals surface area contributed by atoms with Crippen LogP contribution in [0, 0.1) is 13.8 Å². The Hall–Kier alpha value is -3.35. The summed E-state index contributed by atoms with van der Waals surface area (Å²) in [4.78, 5) is 40.0. The standard InChI is InChI=1S/C25H31N3O4/c1-7-25(18-11-12-20(32-6)17(5)13-18)23(30)28(24(31)27-25)14-21(29)26-22-16(4)9-8-10-19(22)15(2)3/h8-13,15H,7,14H2,1-6H3,(H,26,29)(H,27,31). The summed E-state index contributed by atoms with van der Waals surface area (Å²) in [5.74, 6) is 0.0706. The molecule has 1 fully saturated rings. The predicted molar refractivity (Wildman–Crippen MR) is 124 cm³/mol. The lowest BCUT2D eigenvalue weighted by molar-refractivity contribution is -0.134. The van der Waals surface area contributed by atoms with E-state index in [4.69, 9.17) is 4.74 Å². The van der Waals surface area contributed by atoms with Crippen molar-refractivity contribution >= 4 is 23.5 Å². The van der Waals surface area contributed by atoms with E-state index in [-0.39, 0.29) is 12.5 Å². The van der Waals surface area contributed by atoms with E-state index in [1.165, 1.54) is 0 Å². The first kappa shape index (κ1) is 23.3. The van der Waals surface area contributed by atoms with Crippen molar-refractivity contribution in [3.63, 3.8) is 0 Å². The minimum absolute atomic E-state index is 0.216. The van der Waals surface area contributed by atoms with Crippen LogP contribution in [0.4, 0.5) is 10.5 Å². The van der Waals surface area contributed by atoms with Gasteiger partial charge in [0, 0.05) is 5.69 Å². The number of hydrogen-bond acceptors (Lipinski definition) is 4. The molecule has 0 bridgehead atoms. The number of nitrogens with one attached hydrogen (secondary N) is 2. The quantitative estimate of drug-likeness (QED) is 0.635. The number of carbonyl (C=O) groups is 3. The summed E-state index contributed by atoms with van der Waals surface area (Å²) in [6.45, 7) is 9.38. The summed E-state index contributed by atoms with van der Waals surface area (Å²) in [5.41, 5.74) is 2.98. The Morgan fingerprint density at radius 1 is 1.16 bits per heavy atom. The molecule has 170 valence electrons. The number of para-hydroxylation sites is 1. The van der Waals surface area contributed by atoms with Crippen LogP contribution >= 0.6 is 0 Å². The molecule has 2 N–H and O–H groups in total. The third-order valence-corrected chi connectivity index (χ3v) is 6.09. The summed E-state index contributed by atoms with van der Waals surface area (Å²) in [6, 6.07) is 10.7. The molecule has 0 spiro atoms. The highest BCUT2D eigenvalue weighted by atomic mass is 16.5. The summed E-state index contributed by atoms with van der Waals surface area (Å²) in [6.07, 6.45) is 0.358. The van der Waals surface area contributed by atoms with Crippen molar-refractivity contribution in [2.45, 2.75) is 52.5 Å². The van der Waals surface area contributed by atoms with Crippen molar-refractivity contribution in [1.29, 1.82) is 0 Å². The zero-order valence-corrected chi connectivity index (χ0v) is 19.5. The number of ether oxygens (including phenoxy) is 1. The predicted octanol–water partition coefficient (Wildman–Crippen LogP) is 4.23. The van der Waals surface area contributed by atoms with E-state index in [1.54, 1.807) is 19.2 Å². The fourth-order valence-corrected chi connectivity index (χ4v) is 4.22. The van der Waals surface area contributed by atoms with Crippen LogP contribution in [-0.4, -0.2) is 36.4 Å². The van der Waals surface area contributed by atoms with Gasteiger partial charge in [-0.2, -0.15) is 0 Å². The third-order valence-electron chi connectivity index (χ3n) is 6.09. The molecule has 32 heavy (non-hydrogen) atoms. The number of hydrogen-bond donors (Lipinski definition) is 2. The van der Waals surface area contributed by atoms with E-state index in [0.717, 1.165) is 27.3 Å². The Morgan fingerprint density at radius 2 is 1.88 bits per heavy atom. The first-order chi connectivity index (χ1) is 15.1. The monoisotopic (exact) mass is 437 g/mol. The van der Waals surface area contributed by atoms with Gasteiger partial charge in [0.2, 0.25) is 5.91 Å². The number of methoxy groups -OCH3 is 1. The molecule has 1 aliphatic heterocycles. The molecule has 7 heteroatoms. The summed E-state index contributed by atoms with van der Waals surface area (Å²) < 4.78 is 5.31. The maximum absolute atomic E-state index is 13.4. The number of benzene rings is 2. The van der Waals surface area contributed by atoms with Gasteiger partial charge in [-0.3, -0.25) is 14.5 Å². The van der Waals surface area contributed by atoms with E-state index in [2.05, 4.69) is 10.6 Å². The molecule has 0 aromatic heterocycles. The van der Waals surface area contributed by atoms with Gasteiger partial charge in [-0.25, -0.2) is 4.79 Å². The molecule has 4 amide bonds. The first-order valence-corrected chi connectivity index (χ1v) is 10.8. The van der Waals surface area contributed by atoms with Crippen molar-refractivity contribution in [2.24, 2.45) is 0 Å². The Morgan fingerprint density at radius 3 is 2.47 bits per heavy atom. The number of aryl methyl sites for hydroxylation is 2. The Balaban J connectivity index is 1.85. The van der Waals surface area contributed by atoms with Crippen molar-refractivity contribution in [2.75, 3.05) is 19.0 Å². The third kappa shape index (κ3) is 4.07. The average molecular weight is 438 g/mol. The lowest BCUT2D eigenvalue weighted by Gasteiger charge is -2.26. The second kappa shape index (κ2) is 9.02. The lowest BCUT2D eigenvalue weighted by Crippen LogP contribution is -2.44. The van der Waals surface area contributed by atoms with E-state index in [9.17, 15) is 14.4 Å². The number of urea groups is 1. The van der Waals surface area contributed by atoms with E-state index >= 15 is 0 Å². The van der Waals surface area contributed by atoms with E-state index in [0.29, 0.717) is 17.7 Å². The molecule has 1 heterocycles. The highest BCUT2D eigenvalue weighted by molar-refractivity contribution is 6.10. The normalized spacial score (nSPS) is 18.2. The maximum atomic E-state index is 13.4. The Labute approximate surface area is 189 Å². The number of carbonyl (C=O) groups excluding carboxylic acids is 3. The second-order valence-electron chi connectivity index (χ2n) is 8.51. The zero-order chi connectivity index (χ0) is 23.6. The Bertz CT molecular complexity index is 1060. The van der Waals surface area contributed by atoms with Crippen LogP contribution in [0.2, 0.25) is 0 Å². The molecule has 0 aliphatic carbocycles. The number of anilines is 1. The topological polar surface area (TPSA) is 87.7 Å². The minimum Gasteiger partial charge on any atom is -0.496 e. The van der Waals surface area contributed by atoms with Crippen molar-refractivity contribution in [3.8, 4) is 5.75 Å². The van der Waals surface area contributed by atoms with Gasteiger partial charge in [0.15, 0.2) is 0 Å². The van der Waals surface area contributed by atoms with E-state index < -0.39 is 23.4 Å². The number of rotatable bonds is 7. The smallest absolute Gasteiger partial charge is 0.325 e. The van der Waals surface area contributed by atoms with Gasteiger partial charge in [0.25, 0.3) is 5.91 Å².